The van der Waals surface area contributed by atoms with Crippen LogP contribution in [0.15, 0.2) is 30.3 Å². The second-order valence-corrected chi connectivity index (χ2v) is 5.48. The number of hydrogen-bond acceptors (Lipinski definition) is 4. The summed E-state index contributed by atoms with van der Waals surface area (Å²) in [4.78, 5) is 6.08. The van der Waals surface area contributed by atoms with Crippen LogP contribution in [0.5, 0.6) is 5.75 Å². The molecule has 0 bridgehead atoms. The molecule has 1 N–H and O–H groups in total. The van der Waals surface area contributed by atoms with E-state index in [-0.39, 0.29) is 0 Å². The van der Waals surface area contributed by atoms with Crippen molar-refractivity contribution in [2.45, 2.75) is 19.4 Å². The Kier molecular flexibility index (Phi) is 3.57. The zero-order valence-electron chi connectivity index (χ0n) is 10.2. The van der Waals surface area contributed by atoms with Crippen LogP contribution < -0.4 is 10.1 Å². The summed E-state index contributed by atoms with van der Waals surface area (Å²) in [5.41, 5.74) is 1.29. The van der Waals surface area contributed by atoms with Crippen LogP contribution in [0, 0.1) is 0 Å². The molecule has 0 aliphatic carbocycles. The maximum absolute atomic E-state index is 5.69. The number of para-hydroxylation sites is 1. The van der Waals surface area contributed by atoms with Gasteiger partial charge < -0.3 is 10.1 Å². The molecule has 0 amide bonds. The van der Waals surface area contributed by atoms with Gasteiger partial charge in [0, 0.05) is 30.8 Å². The fraction of sp³-hybridized carbons (Fsp3) is 0.357. The van der Waals surface area contributed by atoms with Crippen molar-refractivity contribution in [3.63, 3.8) is 0 Å². The van der Waals surface area contributed by atoms with E-state index in [9.17, 15) is 0 Å². The third-order valence-electron chi connectivity index (χ3n) is 2.97. The molecule has 18 heavy (non-hydrogen) atoms. The Bertz CT molecular complexity index is 486. The Balaban J connectivity index is 1.55. The number of aromatic nitrogens is 1. The molecule has 2 heterocycles. The van der Waals surface area contributed by atoms with Gasteiger partial charge in [-0.15, -0.1) is 11.3 Å². The molecule has 0 spiro atoms. The minimum atomic E-state index is 0.698. The summed E-state index contributed by atoms with van der Waals surface area (Å²) in [5.74, 6) is 0.931. The first-order valence-corrected chi connectivity index (χ1v) is 7.09. The topological polar surface area (TPSA) is 34.1 Å². The van der Waals surface area contributed by atoms with Crippen LogP contribution in [0.2, 0.25) is 0 Å². The van der Waals surface area contributed by atoms with Crippen molar-refractivity contribution >= 4 is 11.3 Å². The summed E-state index contributed by atoms with van der Waals surface area (Å²) in [6.45, 7) is 2.73. The van der Waals surface area contributed by atoms with Crippen LogP contribution in [0.1, 0.15) is 15.6 Å². The predicted molar refractivity (Wildman–Crippen MR) is 73.2 cm³/mol. The van der Waals surface area contributed by atoms with Gasteiger partial charge in [0.1, 0.15) is 5.75 Å². The van der Waals surface area contributed by atoms with E-state index in [2.05, 4.69) is 10.3 Å². The van der Waals surface area contributed by atoms with E-state index >= 15 is 0 Å². The van der Waals surface area contributed by atoms with Crippen molar-refractivity contribution in [2.75, 3.05) is 13.2 Å². The molecule has 4 heteroatoms. The molecule has 0 radical (unpaired) electrons. The zero-order valence-corrected chi connectivity index (χ0v) is 11.0. The number of thiazole rings is 1. The Morgan fingerprint density at radius 3 is 3.00 bits per heavy atom. The quantitative estimate of drug-likeness (QED) is 0.916. The minimum absolute atomic E-state index is 0.698. The molecule has 0 fully saturated rings. The van der Waals surface area contributed by atoms with Gasteiger partial charge in [-0.1, -0.05) is 18.2 Å². The average molecular weight is 260 g/mol. The second kappa shape index (κ2) is 5.50. The van der Waals surface area contributed by atoms with Gasteiger partial charge in [-0.05, 0) is 12.1 Å². The lowest BCUT2D eigenvalue weighted by molar-refractivity contribution is 0.321. The molecule has 0 saturated heterocycles. The normalized spacial score (nSPS) is 14.2. The molecular weight excluding hydrogens is 244 g/mol. The van der Waals surface area contributed by atoms with Crippen molar-refractivity contribution in [2.24, 2.45) is 0 Å². The fourth-order valence-corrected chi connectivity index (χ4v) is 3.12. The van der Waals surface area contributed by atoms with Gasteiger partial charge in [0.2, 0.25) is 0 Å². The Morgan fingerprint density at radius 1 is 1.28 bits per heavy atom. The van der Waals surface area contributed by atoms with E-state index in [1.807, 2.05) is 41.7 Å². The predicted octanol–water partition coefficient (Wildman–Crippen LogP) is 2.41. The molecule has 1 aromatic heterocycles. The molecule has 94 valence electrons. The monoisotopic (exact) mass is 260 g/mol. The van der Waals surface area contributed by atoms with Crippen molar-refractivity contribution < 1.29 is 4.74 Å². The minimum Gasteiger partial charge on any atom is -0.493 e. The number of nitrogens with zero attached hydrogens (tertiary/aromatic N) is 1. The molecular formula is C14H16N2OS. The van der Waals surface area contributed by atoms with Gasteiger partial charge in [-0.25, -0.2) is 4.98 Å². The molecule has 1 aliphatic heterocycles. The van der Waals surface area contributed by atoms with Gasteiger partial charge in [0.05, 0.1) is 17.3 Å². The number of fused-ring (bicyclic) bond motifs is 1. The van der Waals surface area contributed by atoms with Crippen LogP contribution in [-0.4, -0.2) is 18.1 Å². The zero-order chi connectivity index (χ0) is 12.2. The SMILES string of the molecule is c1ccc(OCCc2nc3c(s2)CNCC3)cc1. The Morgan fingerprint density at radius 2 is 2.17 bits per heavy atom. The standard InChI is InChI=1S/C14H16N2OS/c1-2-4-11(5-3-1)17-9-7-14-16-12-6-8-15-10-13(12)18-14/h1-5,15H,6-10H2. The third kappa shape index (κ3) is 2.71. The van der Waals surface area contributed by atoms with E-state index in [1.54, 1.807) is 0 Å². The fourth-order valence-electron chi connectivity index (χ4n) is 2.06. The molecule has 2 aromatic rings. The van der Waals surface area contributed by atoms with Crippen LogP contribution >= 0.6 is 11.3 Å². The number of nitrogens with one attached hydrogen (secondary N) is 1. The summed E-state index contributed by atoms with van der Waals surface area (Å²) in [7, 11) is 0. The van der Waals surface area contributed by atoms with Crippen molar-refractivity contribution in [3.8, 4) is 5.75 Å². The van der Waals surface area contributed by atoms with Gasteiger partial charge in [0.15, 0.2) is 0 Å². The van der Waals surface area contributed by atoms with E-state index in [0.717, 1.165) is 31.7 Å². The molecule has 3 rings (SSSR count). The highest BCUT2D eigenvalue weighted by Crippen LogP contribution is 2.22. The molecule has 1 aliphatic rings. The maximum Gasteiger partial charge on any atom is 0.119 e. The van der Waals surface area contributed by atoms with Crippen LogP contribution in [0.25, 0.3) is 0 Å². The third-order valence-corrected chi connectivity index (χ3v) is 4.13. The van der Waals surface area contributed by atoms with E-state index in [0.29, 0.717) is 6.61 Å². The highest BCUT2D eigenvalue weighted by Gasteiger charge is 2.14. The molecule has 0 saturated carbocycles. The maximum atomic E-state index is 5.69. The van der Waals surface area contributed by atoms with Crippen molar-refractivity contribution in [1.29, 1.82) is 0 Å². The summed E-state index contributed by atoms with van der Waals surface area (Å²) in [5, 5.41) is 4.57. The highest BCUT2D eigenvalue weighted by atomic mass is 32.1. The second-order valence-electron chi connectivity index (χ2n) is 4.32. The first kappa shape index (κ1) is 11.7. The smallest absolute Gasteiger partial charge is 0.119 e. The highest BCUT2D eigenvalue weighted by molar-refractivity contribution is 7.11. The average Bonchev–Trinajstić information content (AvgIpc) is 2.82. The Hall–Kier alpha value is -1.39. The summed E-state index contributed by atoms with van der Waals surface area (Å²) >= 11 is 1.82. The molecule has 0 atom stereocenters. The van der Waals surface area contributed by atoms with Crippen LogP contribution in [0.3, 0.4) is 0 Å². The summed E-state index contributed by atoms with van der Waals surface area (Å²) < 4.78 is 5.69. The largest absolute Gasteiger partial charge is 0.493 e. The van der Waals surface area contributed by atoms with Gasteiger partial charge >= 0.3 is 0 Å². The van der Waals surface area contributed by atoms with Crippen molar-refractivity contribution in [3.05, 3.63) is 45.9 Å². The Labute approximate surface area is 111 Å². The lowest BCUT2D eigenvalue weighted by atomic mass is 10.2. The first-order valence-electron chi connectivity index (χ1n) is 6.28. The van der Waals surface area contributed by atoms with Crippen molar-refractivity contribution in [1.82, 2.24) is 10.3 Å². The van der Waals surface area contributed by atoms with Crippen LogP contribution in [-0.2, 0) is 19.4 Å². The van der Waals surface area contributed by atoms with E-state index < -0.39 is 0 Å². The number of rotatable bonds is 4. The summed E-state index contributed by atoms with van der Waals surface area (Å²) in [6, 6.07) is 9.94. The number of benzene rings is 1. The van der Waals surface area contributed by atoms with Crippen LogP contribution in [0.4, 0.5) is 0 Å². The van der Waals surface area contributed by atoms with Gasteiger partial charge in [0.25, 0.3) is 0 Å². The molecule has 0 unspecified atom stereocenters. The molecule has 3 nitrogen and oxygen atoms in total. The van der Waals surface area contributed by atoms with Gasteiger partial charge in [-0.3, -0.25) is 0 Å². The molecule has 1 aromatic carbocycles. The lowest BCUT2D eigenvalue weighted by Gasteiger charge is -2.09. The number of ether oxygens (including phenoxy) is 1. The van der Waals surface area contributed by atoms with Gasteiger partial charge in [-0.2, -0.15) is 0 Å². The first-order chi connectivity index (χ1) is 8.92. The lowest BCUT2D eigenvalue weighted by Crippen LogP contribution is -2.22. The summed E-state index contributed by atoms with van der Waals surface area (Å²) in [6.07, 6.45) is 1.96. The van der Waals surface area contributed by atoms with E-state index in [4.69, 9.17) is 4.74 Å². The number of hydrogen-bond donors (Lipinski definition) is 1. The van der Waals surface area contributed by atoms with E-state index in [1.165, 1.54) is 15.6 Å².